The van der Waals surface area contributed by atoms with Gasteiger partial charge in [-0.25, -0.2) is 0 Å². The highest BCUT2D eigenvalue weighted by Crippen LogP contribution is 2.31. The molecule has 1 amide bonds. The average molecular weight is 428 g/mol. The van der Waals surface area contributed by atoms with E-state index in [9.17, 15) is 4.79 Å². The topological polar surface area (TPSA) is 35.6 Å². The smallest absolute Gasteiger partial charge is 0.228 e. The molecule has 0 unspecified atom stereocenters. The number of piperazine rings is 1. The lowest BCUT2D eigenvalue weighted by Crippen LogP contribution is -2.45. The molecule has 2 aliphatic heterocycles. The van der Waals surface area contributed by atoms with E-state index >= 15 is 0 Å². The van der Waals surface area contributed by atoms with Crippen molar-refractivity contribution in [2.75, 3.05) is 44.3 Å². The van der Waals surface area contributed by atoms with Crippen molar-refractivity contribution in [1.82, 2.24) is 9.80 Å². The number of halogens is 1. The molecule has 0 aliphatic carbocycles. The number of thioether (sulfide) groups is 1. The number of fused-ring (bicyclic) bond motifs is 1. The number of nitrogens with zero attached hydrogens (tertiary/aromatic N) is 2. The molecule has 0 saturated carbocycles. The maximum atomic E-state index is 11.6. The van der Waals surface area contributed by atoms with E-state index in [0.717, 1.165) is 66.7 Å². The maximum absolute atomic E-state index is 11.6. The van der Waals surface area contributed by atoms with Crippen molar-refractivity contribution in [2.24, 2.45) is 0 Å². The van der Waals surface area contributed by atoms with E-state index in [4.69, 9.17) is 11.6 Å². The normalized spacial score (nSPS) is 16.6. The number of hydrogen-bond donors (Lipinski definition) is 1. The number of rotatable bonds is 6. The molecule has 6 heteroatoms. The van der Waals surface area contributed by atoms with Crippen LogP contribution in [0.25, 0.3) is 5.70 Å². The van der Waals surface area contributed by atoms with Crippen molar-refractivity contribution in [1.29, 1.82) is 0 Å². The molecule has 0 spiro atoms. The van der Waals surface area contributed by atoms with Crippen LogP contribution >= 0.6 is 23.4 Å². The summed E-state index contributed by atoms with van der Waals surface area (Å²) in [5, 5.41) is 3.60. The van der Waals surface area contributed by atoms with Crippen LogP contribution in [0.3, 0.4) is 0 Å². The third-order valence-electron chi connectivity index (χ3n) is 5.77. The monoisotopic (exact) mass is 427 g/mol. The van der Waals surface area contributed by atoms with Crippen LogP contribution in [0.1, 0.15) is 16.7 Å². The standard InChI is InChI=1S/C23H26ClN3OS/c1-16(19-5-3-4-6-22(19)29-2)27-11-9-26(10-12-27)8-7-17-13-18-14-23(28)25-21(18)15-20(17)24/h3-6,13,15H,1,7-12,14H2,2H3,(H,25,28). The summed E-state index contributed by atoms with van der Waals surface area (Å²) in [7, 11) is 0. The van der Waals surface area contributed by atoms with Gasteiger partial charge in [0.2, 0.25) is 5.91 Å². The van der Waals surface area contributed by atoms with Gasteiger partial charge in [0.25, 0.3) is 0 Å². The fourth-order valence-corrected chi connectivity index (χ4v) is 4.94. The Bertz CT molecular complexity index is 938. The van der Waals surface area contributed by atoms with Crippen LogP contribution in [-0.4, -0.2) is 54.7 Å². The van der Waals surface area contributed by atoms with E-state index < -0.39 is 0 Å². The van der Waals surface area contributed by atoms with Crippen LogP contribution < -0.4 is 5.32 Å². The largest absolute Gasteiger partial charge is 0.369 e. The number of hydrogen-bond acceptors (Lipinski definition) is 4. The second-order valence-electron chi connectivity index (χ2n) is 7.55. The van der Waals surface area contributed by atoms with Crippen molar-refractivity contribution in [3.8, 4) is 0 Å². The van der Waals surface area contributed by atoms with Crippen molar-refractivity contribution < 1.29 is 4.79 Å². The minimum Gasteiger partial charge on any atom is -0.369 e. The molecule has 0 radical (unpaired) electrons. The SMILES string of the molecule is C=C(c1ccccc1SC)N1CCN(CCc2cc3c(cc2Cl)NC(=O)C3)CC1. The molecule has 4 rings (SSSR count). The Morgan fingerprint density at radius 1 is 1.21 bits per heavy atom. The molecule has 2 heterocycles. The zero-order valence-electron chi connectivity index (χ0n) is 16.7. The maximum Gasteiger partial charge on any atom is 0.228 e. The highest BCUT2D eigenvalue weighted by atomic mass is 35.5. The van der Waals surface area contributed by atoms with Crippen LogP contribution in [0.4, 0.5) is 5.69 Å². The summed E-state index contributed by atoms with van der Waals surface area (Å²) < 4.78 is 0. The van der Waals surface area contributed by atoms with E-state index in [1.165, 1.54) is 10.5 Å². The highest BCUT2D eigenvalue weighted by molar-refractivity contribution is 7.98. The van der Waals surface area contributed by atoms with Crippen LogP contribution in [0.2, 0.25) is 5.02 Å². The first-order valence-electron chi connectivity index (χ1n) is 9.96. The zero-order valence-corrected chi connectivity index (χ0v) is 18.3. The number of carbonyl (C=O) groups excluding carboxylic acids is 1. The Balaban J connectivity index is 1.32. The number of benzene rings is 2. The summed E-state index contributed by atoms with van der Waals surface area (Å²) >= 11 is 8.21. The molecule has 152 valence electrons. The lowest BCUT2D eigenvalue weighted by atomic mass is 10.1. The Kier molecular flexibility index (Phi) is 6.18. The van der Waals surface area contributed by atoms with Gasteiger partial charge in [-0.2, -0.15) is 0 Å². The van der Waals surface area contributed by atoms with Crippen molar-refractivity contribution in [2.45, 2.75) is 17.7 Å². The van der Waals surface area contributed by atoms with Gasteiger partial charge in [0, 0.05) is 59.6 Å². The zero-order chi connectivity index (χ0) is 20.4. The molecule has 1 fully saturated rings. The predicted octanol–water partition coefficient (Wildman–Crippen LogP) is 4.39. The molecule has 2 aromatic carbocycles. The van der Waals surface area contributed by atoms with Crippen molar-refractivity contribution >= 4 is 40.7 Å². The Morgan fingerprint density at radius 3 is 2.72 bits per heavy atom. The second-order valence-corrected chi connectivity index (χ2v) is 8.81. The molecule has 2 aliphatic rings. The molecule has 1 saturated heterocycles. The molecular weight excluding hydrogens is 402 g/mol. The van der Waals surface area contributed by atoms with Crippen molar-refractivity contribution in [3.05, 3.63) is 64.7 Å². The molecule has 4 nitrogen and oxygen atoms in total. The van der Waals surface area contributed by atoms with Gasteiger partial charge >= 0.3 is 0 Å². The van der Waals surface area contributed by atoms with Gasteiger partial charge in [0.1, 0.15) is 0 Å². The van der Waals surface area contributed by atoms with Gasteiger partial charge in [-0.15, -0.1) is 11.8 Å². The first-order valence-corrected chi connectivity index (χ1v) is 11.6. The van der Waals surface area contributed by atoms with Crippen LogP contribution in [0, 0.1) is 0 Å². The predicted molar refractivity (Wildman–Crippen MR) is 123 cm³/mol. The Labute approximate surface area is 181 Å². The summed E-state index contributed by atoms with van der Waals surface area (Å²) in [5.41, 5.74) is 5.40. The van der Waals surface area contributed by atoms with Crippen LogP contribution in [0.5, 0.6) is 0 Å². The van der Waals surface area contributed by atoms with E-state index in [0.29, 0.717) is 6.42 Å². The molecule has 1 N–H and O–H groups in total. The van der Waals surface area contributed by atoms with Crippen LogP contribution in [-0.2, 0) is 17.6 Å². The molecule has 0 atom stereocenters. The summed E-state index contributed by atoms with van der Waals surface area (Å²) in [6.45, 7) is 9.35. The second kappa shape index (κ2) is 8.82. The Hall–Kier alpha value is -1.95. The van der Waals surface area contributed by atoms with Gasteiger partial charge in [-0.3, -0.25) is 9.69 Å². The molecule has 0 bridgehead atoms. The van der Waals surface area contributed by atoms with E-state index in [1.54, 1.807) is 11.8 Å². The van der Waals surface area contributed by atoms with Gasteiger partial charge in [-0.1, -0.05) is 42.4 Å². The average Bonchev–Trinajstić information content (AvgIpc) is 3.10. The van der Waals surface area contributed by atoms with E-state index in [-0.39, 0.29) is 5.91 Å². The number of amides is 1. The summed E-state index contributed by atoms with van der Waals surface area (Å²) in [5.74, 6) is 0.0487. The van der Waals surface area contributed by atoms with Gasteiger partial charge < -0.3 is 10.2 Å². The minimum atomic E-state index is 0.0487. The number of nitrogens with one attached hydrogen (secondary N) is 1. The third-order valence-corrected chi connectivity index (χ3v) is 6.91. The van der Waals surface area contributed by atoms with Gasteiger partial charge in [0.15, 0.2) is 0 Å². The summed E-state index contributed by atoms with van der Waals surface area (Å²) in [6.07, 6.45) is 3.47. The van der Waals surface area contributed by atoms with E-state index in [1.807, 2.05) is 6.07 Å². The lowest BCUT2D eigenvalue weighted by Gasteiger charge is -2.37. The first kappa shape index (κ1) is 20.3. The molecule has 2 aromatic rings. The van der Waals surface area contributed by atoms with Gasteiger partial charge in [-0.05, 0) is 35.9 Å². The lowest BCUT2D eigenvalue weighted by molar-refractivity contribution is -0.115. The highest BCUT2D eigenvalue weighted by Gasteiger charge is 2.22. The number of anilines is 1. The fraction of sp³-hybridized carbons (Fsp3) is 0.348. The fourth-order valence-electron chi connectivity index (χ4n) is 4.06. The third kappa shape index (κ3) is 4.47. The number of carbonyl (C=O) groups is 1. The molecular formula is C23H26ClN3OS. The molecule has 0 aromatic heterocycles. The molecule has 29 heavy (non-hydrogen) atoms. The summed E-state index contributed by atoms with van der Waals surface area (Å²) in [4.78, 5) is 17.7. The van der Waals surface area contributed by atoms with Gasteiger partial charge in [0.05, 0.1) is 6.42 Å². The van der Waals surface area contributed by atoms with Crippen molar-refractivity contribution in [3.63, 3.8) is 0 Å². The van der Waals surface area contributed by atoms with E-state index in [2.05, 4.69) is 58.3 Å². The van der Waals surface area contributed by atoms with Crippen LogP contribution in [0.15, 0.2) is 47.9 Å². The first-order chi connectivity index (χ1) is 14.0. The summed E-state index contributed by atoms with van der Waals surface area (Å²) in [6, 6.07) is 12.5. The Morgan fingerprint density at radius 2 is 1.97 bits per heavy atom. The quantitative estimate of drug-likeness (QED) is 0.693. The minimum absolute atomic E-state index is 0.0487.